The lowest BCUT2D eigenvalue weighted by Gasteiger charge is -2.09. The normalized spacial score (nSPS) is 10.8. The van der Waals surface area contributed by atoms with Crippen molar-refractivity contribution in [2.24, 2.45) is 0 Å². The van der Waals surface area contributed by atoms with Crippen LogP contribution in [0.25, 0.3) is 0 Å². The van der Waals surface area contributed by atoms with Gasteiger partial charge in [0.25, 0.3) is 0 Å². The van der Waals surface area contributed by atoms with Gasteiger partial charge >= 0.3 is 5.97 Å². The van der Waals surface area contributed by atoms with Gasteiger partial charge < -0.3 is 19.1 Å². The summed E-state index contributed by atoms with van der Waals surface area (Å²) in [4.78, 5) is 13.1. The molecule has 96 valence electrons. The van der Waals surface area contributed by atoms with E-state index in [1.807, 2.05) is 19.0 Å². The van der Waals surface area contributed by atoms with Crippen LogP contribution >= 0.6 is 0 Å². The number of nitrogens with zero attached hydrogens (tertiary/aromatic N) is 1. The van der Waals surface area contributed by atoms with Crippen LogP contribution in [0, 0.1) is 0 Å². The second kappa shape index (κ2) is 10.9. The summed E-state index contributed by atoms with van der Waals surface area (Å²) in [5.74, 6) is -0.200. The molecule has 0 spiro atoms. The summed E-state index contributed by atoms with van der Waals surface area (Å²) in [7, 11) is 5.53. The zero-order valence-electron chi connectivity index (χ0n) is 10.5. The molecule has 16 heavy (non-hydrogen) atoms. The van der Waals surface area contributed by atoms with E-state index in [1.54, 1.807) is 7.11 Å². The Morgan fingerprint density at radius 1 is 1.12 bits per heavy atom. The maximum Gasteiger partial charge on any atom is 0.308 e. The van der Waals surface area contributed by atoms with E-state index in [0.717, 1.165) is 13.0 Å². The number of methoxy groups -OCH3 is 1. The van der Waals surface area contributed by atoms with Gasteiger partial charge in [-0.15, -0.1) is 0 Å². The largest absolute Gasteiger partial charge is 0.464 e. The SMILES string of the molecule is COCCCOCCC(=O)OCCN(C)C. The first kappa shape index (κ1) is 15.3. The molecular formula is C11H23NO4. The van der Waals surface area contributed by atoms with Crippen molar-refractivity contribution in [3.8, 4) is 0 Å². The molecule has 0 saturated heterocycles. The molecule has 5 nitrogen and oxygen atoms in total. The topological polar surface area (TPSA) is 48.0 Å². The minimum atomic E-state index is -0.200. The van der Waals surface area contributed by atoms with E-state index in [-0.39, 0.29) is 5.97 Å². The van der Waals surface area contributed by atoms with Crippen LogP contribution < -0.4 is 0 Å². The van der Waals surface area contributed by atoms with Crippen LogP contribution in [0.5, 0.6) is 0 Å². The third-order valence-corrected chi connectivity index (χ3v) is 1.89. The Morgan fingerprint density at radius 2 is 1.88 bits per heavy atom. The molecule has 0 radical (unpaired) electrons. The van der Waals surface area contributed by atoms with E-state index in [9.17, 15) is 4.79 Å². The number of rotatable bonds is 10. The third kappa shape index (κ3) is 11.4. The van der Waals surface area contributed by atoms with Gasteiger partial charge in [-0.2, -0.15) is 0 Å². The highest BCUT2D eigenvalue weighted by atomic mass is 16.5. The van der Waals surface area contributed by atoms with Crippen molar-refractivity contribution in [1.82, 2.24) is 4.90 Å². The number of carbonyl (C=O) groups is 1. The van der Waals surface area contributed by atoms with Gasteiger partial charge in [-0.25, -0.2) is 0 Å². The average molecular weight is 233 g/mol. The molecule has 0 rings (SSSR count). The molecule has 0 aliphatic carbocycles. The molecule has 0 aromatic rings. The van der Waals surface area contributed by atoms with E-state index in [0.29, 0.717) is 32.8 Å². The third-order valence-electron chi connectivity index (χ3n) is 1.89. The molecule has 0 atom stereocenters. The number of hydrogen-bond donors (Lipinski definition) is 0. The summed E-state index contributed by atoms with van der Waals surface area (Å²) in [6.07, 6.45) is 1.17. The first-order chi connectivity index (χ1) is 7.66. The predicted octanol–water partition coefficient (Wildman–Crippen LogP) is 0.534. The molecule has 0 aromatic heterocycles. The minimum absolute atomic E-state index is 0.200. The lowest BCUT2D eigenvalue weighted by Crippen LogP contribution is -2.20. The van der Waals surface area contributed by atoms with Crippen LogP contribution in [0.4, 0.5) is 0 Å². The van der Waals surface area contributed by atoms with Crippen molar-refractivity contribution in [2.75, 3.05) is 54.2 Å². The number of hydrogen-bond acceptors (Lipinski definition) is 5. The van der Waals surface area contributed by atoms with Crippen LogP contribution in [0.2, 0.25) is 0 Å². The van der Waals surface area contributed by atoms with Crippen molar-refractivity contribution in [3.05, 3.63) is 0 Å². The quantitative estimate of drug-likeness (QED) is 0.407. The van der Waals surface area contributed by atoms with Crippen molar-refractivity contribution in [3.63, 3.8) is 0 Å². The van der Waals surface area contributed by atoms with Crippen LogP contribution in [-0.4, -0.2) is 65.0 Å². The van der Waals surface area contributed by atoms with E-state index in [1.165, 1.54) is 0 Å². The second-order valence-electron chi connectivity index (χ2n) is 3.73. The molecular weight excluding hydrogens is 210 g/mol. The molecule has 0 unspecified atom stereocenters. The number of ether oxygens (including phenoxy) is 3. The van der Waals surface area contributed by atoms with E-state index in [4.69, 9.17) is 14.2 Å². The van der Waals surface area contributed by atoms with Crippen LogP contribution in [0.1, 0.15) is 12.8 Å². The molecule has 0 saturated carbocycles. The molecule has 0 heterocycles. The van der Waals surface area contributed by atoms with Crippen molar-refractivity contribution < 1.29 is 19.0 Å². The summed E-state index contributed by atoms with van der Waals surface area (Å²) >= 11 is 0. The highest BCUT2D eigenvalue weighted by molar-refractivity contribution is 5.69. The minimum Gasteiger partial charge on any atom is -0.464 e. The van der Waals surface area contributed by atoms with Gasteiger partial charge in [-0.3, -0.25) is 4.79 Å². The van der Waals surface area contributed by atoms with Gasteiger partial charge in [0.2, 0.25) is 0 Å². The van der Waals surface area contributed by atoms with Gasteiger partial charge in [0.05, 0.1) is 13.0 Å². The van der Waals surface area contributed by atoms with Crippen molar-refractivity contribution in [2.45, 2.75) is 12.8 Å². The van der Waals surface area contributed by atoms with Crippen LogP contribution in [0.3, 0.4) is 0 Å². The highest BCUT2D eigenvalue weighted by Crippen LogP contribution is 1.90. The zero-order chi connectivity index (χ0) is 12.2. The highest BCUT2D eigenvalue weighted by Gasteiger charge is 2.02. The van der Waals surface area contributed by atoms with E-state index >= 15 is 0 Å². The molecule has 0 N–H and O–H groups in total. The van der Waals surface area contributed by atoms with Gasteiger partial charge in [0.1, 0.15) is 6.61 Å². The molecule has 5 heteroatoms. The van der Waals surface area contributed by atoms with Crippen LogP contribution in [-0.2, 0) is 19.0 Å². The number of carbonyl (C=O) groups excluding carboxylic acids is 1. The summed E-state index contributed by atoms with van der Waals surface area (Å²) in [6, 6.07) is 0. The predicted molar refractivity (Wildman–Crippen MR) is 61.4 cm³/mol. The standard InChI is InChI=1S/C11H23NO4/c1-12(2)6-10-16-11(13)5-9-15-8-4-7-14-3/h4-10H2,1-3H3. The summed E-state index contributed by atoms with van der Waals surface area (Å²) < 4.78 is 15.1. The van der Waals surface area contributed by atoms with Gasteiger partial charge in [0, 0.05) is 26.9 Å². The Kier molecular flexibility index (Phi) is 10.4. The van der Waals surface area contributed by atoms with Gasteiger partial charge in [0.15, 0.2) is 0 Å². The second-order valence-corrected chi connectivity index (χ2v) is 3.73. The van der Waals surface area contributed by atoms with Gasteiger partial charge in [-0.1, -0.05) is 0 Å². The fourth-order valence-electron chi connectivity index (χ4n) is 0.977. The Hall–Kier alpha value is -0.650. The maximum atomic E-state index is 11.2. The molecule has 0 amide bonds. The zero-order valence-corrected chi connectivity index (χ0v) is 10.5. The summed E-state index contributed by atoms with van der Waals surface area (Å²) in [6.45, 7) is 2.92. The molecule has 0 bridgehead atoms. The molecule has 0 aliphatic heterocycles. The Bertz CT molecular complexity index is 173. The Balaban J connectivity index is 3.17. The van der Waals surface area contributed by atoms with Crippen molar-refractivity contribution in [1.29, 1.82) is 0 Å². The first-order valence-electron chi connectivity index (χ1n) is 5.54. The number of likely N-dealkylation sites (N-methyl/N-ethyl adjacent to an activating group) is 1. The van der Waals surface area contributed by atoms with Crippen molar-refractivity contribution >= 4 is 5.97 Å². The van der Waals surface area contributed by atoms with Gasteiger partial charge in [-0.05, 0) is 20.5 Å². The smallest absolute Gasteiger partial charge is 0.308 e. The molecule has 0 aliphatic rings. The Morgan fingerprint density at radius 3 is 2.50 bits per heavy atom. The fourth-order valence-corrected chi connectivity index (χ4v) is 0.977. The summed E-state index contributed by atoms with van der Waals surface area (Å²) in [5.41, 5.74) is 0. The van der Waals surface area contributed by atoms with Crippen LogP contribution in [0.15, 0.2) is 0 Å². The average Bonchev–Trinajstić information content (AvgIpc) is 2.22. The maximum absolute atomic E-state index is 11.2. The molecule has 0 aromatic carbocycles. The molecule has 0 fully saturated rings. The summed E-state index contributed by atoms with van der Waals surface area (Å²) in [5, 5.41) is 0. The first-order valence-corrected chi connectivity index (χ1v) is 5.54. The fraction of sp³-hybridized carbons (Fsp3) is 0.909. The number of esters is 1. The van der Waals surface area contributed by atoms with E-state index in [2.05, 4.69) is 0 Å². The lowest BCUT2D eigenvalue weighted by molar-refractivity contribution is -0.145. The lowest BCUT2D eigenvalue weighted by atomic mass is 10.4. The monoisotopic (exact) mass is 233 g/mol. The van der Waals surface area contributed by atoms with E-state index < -0.39 is 0 Å². The Labute approximate surface area is 97.7 Å².